The van der Waals surface area contributed by atoms with Crippen LogP contribution in [-0.4, -0.2) is 47.2 Å². The van der Waals surface area contributed by atoms with Crippen molar-refractivity contribution in [1.82, 2.24) is 9.88 Å². The van der Waals surface area contributed by atoms with E-state index >= 15 is 0 Å². The van der Waals surface area contributed by atoms with Gasteiger partial charge in [0.15, 0.2) is 5.78 Å². The van der Waals surface area contributed by atoms with Gasteiger partial charge in [-0.15, -0.1) is 0 Å². The second-order valence-corrected chi connectivity index (χ2v) is 8.00. The van der Waals surface area contributed by atoms with E-state index in [9.17, 15) is 14.4 Å². The van der Waals surface area contributed by atoms with Gasteiger partial charge >= 0.3 is 5.97 Å². The molecule has 0 radical (unpaired) electrons. The number of aromatic amines is 1. The summed E-state index contributed by atoms with van der Waals surface area (Å²) in [5.41, 5.74) is 2.31. The molecule has 1 saturated carbocycles. The molecule has 1 aromatic carbocycles. The number of ether oxygens (including phenoxy) is 1. The van der Waals surface area contributed by atoms with E-state index in [2.05, 4.69) is 4.98 Å². The molecule has 154 valence electrons. The van der Waals surface area contributed by atoms with E-state index in [1.165, 1.54) is 7.11 Å². The molecule has 29 heavy (non-hydrogen) atoms. The number of nitrogens with one attached hydrogen (secondary N) is 1. The maximum Gasteiger partial charge on any atom is 0.354 e. The summed E-state index contributed by atoms with van der Waals surface area (Å²) in [7, 11) is 1.30. The van der Waals surface area contributed by atoms with E-state index in [1.54, 1.807) is 49.9 Å². The van der Waals surface area contributed by atoms with Gasteiger partial charge in [0.05, 0.1) is 13.2 Å². The molecule has 3 rings (SSSR count). The maximum atomic E-state index is 13.4. The molecule has 1 amide bonds. The van der Waals surface area contributed by atoms with Crippen LogP contribution >= 0.6 is 11.6 Å². The highest BCUT2D eigenvalue weighted by Crippen LogP contribution is 2.32. The van der Waals surface area contributed by atoms with Gasteiger partial charge in [0, 0.05) is 28.4 Å². The zero-order valence-corrected chi connectivity index (χ0v) is 17.8. The monoisotopic (exact) mass is 416 g/mol. The van der Waals surface area contributed by atoms with E-state index in [4.69, 9.17) is 16.3 Å². The topological polar surface area (TPSA) is 79.5 Å². The normalized spacial score (nSPS) is 14.4. The molecule has 1 atom stereocenters. The minimum atomic E-state index is -0.669. The predicted octanol–water partition coefficient (Wildman–Crippen LogP) is 4.20. The first kappa shape index (κ1) is 21.1. The number of hydrogen-bond donors (Lipinski definition) is 1. The highest BCUT2D eigenvalue weighted by molar-refractivity contribution is 6.30. The predicted molar refractivity (Wildman–Crippen MR) is 111 cm³/mol. The number of nitrogens with zero attached hydrogens (tertiary/aromatic N) is 1. The fourth-order valence-corrected chi connectivity index (χ4v) is 3.66. The quantitative estimate of drug-likeness (QED) is 0.542. The molecule has 0 aliphatic heterocycles. The fourth-order valence-electron chi connectivity index (χ4n) is 3.53. The average molecular weight is 417 g/mol. The fraction of sp³-hybridized carbons (Fsp3) is 0.409. The van der Waals surface area contributed by atoms with Gasteiger partial charge in [-0.25, -0.2) is 4.79 Å². The van der Waals surface area contributed by atoms with Gasteiger partial charge in [0.1, 0.15) is 5.69 Å². The van der Waals surface area contributed by atoms with Crippen LogP contribution in [0.3, 0.4) is 0 Å². The molecule has 1 aliphatic carbocycles. The number of H-pyrrole nitrogens is 1. The van der Waals surface area contributed by atoms with Gasteiger partial charge in [-0.3, -0.25) is 9.59 Å². The Morgan fingerprint density at radius 2 is 1.83 bits per heavy atom. The standard InChI is InChI=1S/C22H25ClN2O4/c1-12-18(13(2)24-19(12)22(28)29-4)20(26)14(3)25(11-15-5-6-15)21(27)16-7-9-17(23)10-8-16/h7-10,14-15,24H,5-6,11H2,1-4H3. The van der Waals surface area contributed by atoms with Gasteiger partial charge in [-0.2, -0.15) is 0 Å². The summed E-state index contributed by atoms with van der Waals surface area (Å²) in [6, 6.07) is 6.00. The van der Waals surface area contributed by atoms with Crippen LogP contribution in [0.5, 0.6) is 0 Å². The van der Waals surface area contributed by atoms with Crippen molar-refractivity contribution in [1.29, 1.82) is 0 Å². The molecular weight excluding hydrogens is 392 g/mol. The number of carbonyl (C=O) groups is 3. The van der Waals surface area contributed by atoms with E-state index in [0.29, 0.717) is 39.9 Å². The largest absolute Gasteiger partial charge is 0.464 e. The van der Waals surface area contributed by atoms with Gasteiger partial charge < -0.3 is 14.6 Å². The van der Waals surface area contributed by atoms with E-state index in [-0.39, 0.29) is 17.4 Å². The molecule has 7 heteroatoms. The van der Waals surface area contributed by atoms with Crippen LogP contribution in [0.25, 0.3) is 0 Å². The lowest BCUT2D eigenvalue weighted by molar-refractivity contribution is 0.0592. The zero-order chi connectivity index (χ0) is 21.3. The summed E-state index contributed by atoms with van der Waals surface area (Å²) >= 11 is 5.94. The minimum absolute atomic E-state index is 0.200. The number of esters is 1. The first-order valence-electron chi connectivity index (χ1n) is 9.62. The van der Waals surface area contributed by atoms with Crippen LogP contribution < -0.4 is 0 Å². The van der Waals surface area contributed by atoms with Crippen LogP contribution in [0.2, 0.25) is 5.02 Å². The number of methoxy groups -OCH3 is 1. The summed E-state index contributed by atoms with van der Waals surface area (Å²) < 4.78 is 4.78. The second-order valence-electron chi connectivity index (χ2n) is 7.56. The first-order valence-corrected chi connectivity index (χ1v) is 10.0. The molecule has 0 spiro atoms. The number of amides is 1. The third-order valence-corrected chi connectivity index (χ3v) is 5.68. The average Bonchev–Trinajstić information content (AvgIpc) is 3.48. The van der Waals surface area contributed by atoms with E-state index in [1.807, 2.05) is 0 Å². The van der Waals surface area contributed by atoms with Crippen molar-refractivity contribution < 1.29 is 19.1 Å². The number of aromatic nitrogens is 1. The lowest BCUT2D eigenvalue weighted by atomic mass is 9.99. The SMILES string of the molecule is COC(=O)c1[nH]c(C)c(C(=O)C(C)N(CC2CC2)C(=O)c2ccc(Cl)cc2)c1C. The molecular formula is C22H25ClN2O4. The Morgan fingerprint density at radius 3 is 2.38 bits per heavy atom. The number of ketones is 1. The molecule has 2 aromatic rings. The number of halogens is 1. The van der Waals surface area contributed by atoms with Crippen LogP contribution in [0.4, 0.5) is 0 Å². The zero-order valence-electron chi connectivity index (χ0n) is 17.0. The summed E-state index contributed by atoms with van der Waals surface area (Å²) in [4.78, 5) is 43.1. The van der Waals surface area contributed by atoms with E-state index in [0.717, 1.165) is 12.8 Å². The Kier molecular flexibility index (Phi) is 6.13. The van der Waals surface area contributed by atoms with Crippen LogP contribution in [0, 0.1) is 19.8 Å². The number of carbonyl (C=O) groups excluding carboxylic acids is 3. The molecule has 1 aliphatic rings. The molecule has 1 N–H and O–H groups in total. The van der Waals surface area contributed by atoms with Crippen molar-refractivity contribution in [2.24, 2.45) is 5.92 Å². The third-order valence-electron chi connectivity index (χ3n) is 5.42. The van der Waals surface area contributed by atoms with Gasteiger partial charge in [0.25, 0.3) is 5.91 Å². The van der Waals surface area contributed by atoms with Crippen LogP contribution in [-0.2, 0) is 4.74 Å². The molecule has 1 heterocycles. The Balaban J connectivity index is 1.91. The van der Waals surface area contributed by atoms with Crippen LogP contribution in [0.15, 0.2) is 24.3 Å². The Bertz CT molecular complexity index is 944. The van der Waals surface area contributed by atoms with Crippen molar-refractivity contribution >= 4 is 29.3 Å². The number of benzene rings is 1. The summed E-state index contributed by atoms with van der Waals surface area (Å²) in [6.07, 6.45) is 2.11. The molecule has 6 nitrogen and oxygen atoms in total. The smallest absolute Gasteiger partial charge is 0.354 e. The number of Topliss-reactive ketones (excluding diaryl/α,β-unsaturated/α-hetero) is 1. The summed E-state index contributed by atoms with van der Waals surface area (Å²) in [5, 5.41) is 0.549. The molecule has 1 aromatic heterocycles. The van der Waals surface area contributed by atoms with Crippen molar-refractivity contribution in [2.75, 3.05) is 13.7 Å². The number of hydrogen-bond acceptors (Lipinski definition) is 4. The van der Waals surface area contributed by atoms with E-state index < -0.39 is 12.0 Å². The Morgan fingerprint density at radius 1 is 1.21 bits per heavy atom. The maximum absolute atomic E-state index is 13.4. The third kappa shape index (κ3) is 4.37. The Hall–Kier alpha value is -2.60. The molecule has 0 bridgehead atoms. The highest BCUT2D eigenvalue weighted by Gasteiger charge is 2.35. The van der Waals surface area contributed by atoms with Crippen molar-refractivity contribution in [3.8, 4) is 0 Å². The highest BCUT2D eigenvalue weighted by atomic mass is 35.5. The van der Waals surface area contributed by atoms with Crippen molar-refractivity contribution in [2.45, 2.75) is 39.7 Å². The Labute approximate surface area is 175 Å². The lowest BCUT2D eigenvalue weighted by Gasteiger charge is -2.29. The minimum Gasteiger partial charge on any atom is -0.464 e. The van der Waals surface area contributed by atoms with Gasteiger partial charge in [-0.05, 0) is 69.4 Å². The lowest BCUT2D eigenvalue weighted by Crippen LogP contribution is -2.44. The molecule has 1 fully saturated rings. The number of rotatable bonds is 7. The second kappa shape index (κ2) is 8.41. The summed E-state index contributed by atoms with van der Waals surface area (Å²) in [6.45, 7) is 5.72. The number of aryl methyl sites for hydroxylation is 1. The van der Waals surface area contributed by atoms with Gasteiger partial charge in [-0.1, -0.05) is 11.6 Å². The molecule has 0 saturated heterocycles. The van der Waals surface area contributed by atoms with Crippen molar-refractivity contribution in [3.05, 3.63) is 57.4 Å². The molecule has 1 unspecified atom stereocenters. The van der Waals surface area contributed by atoms with Gasteiger partial charge in [0.2, 0.25) is 0 Å². The summed E-state index contributed by atoms with van der Waals surface area (Å²) in [5.74, 6) is -0.507. The van der Waals surface area contributed by atoms with Crippen LogP contribution in [0.1, 0.15) is 62.2 Å². The van der Waals surface area contributed by atoms with Crippen molar-refractivity contribution in [3.63, 3.8) is 0 Å². The first-order chi connectivity index (χ1) is 13.7.